The van der Waals surface area contributed by atoms with E-state index in [1.807, 2.05) is 0 Å². The number of nitrogens with one attached hydrogen (secondary N) is 1. The number of carbonyl (C=O) groups excluding carboxylic acids is 1. The Bertz CT molecular complexity index is 732. The summed E-state index contributed by atoms with van der Waals surface area (Å²) in [6, 6.07) is 3.24. The van der Waals surface area contributed by atoms with Gasteiger partial charge in [-0.15, -0.1) is 0 Å². The van der Waals surface area contributed by atoms with Crippen LogP contribution in [-0.4, -0.2) is 53.5 Å². The lowest BCUT2D eigenvalue weighted by atomic mass is 10.2. The predicted octanol–water partition coefficient (Wildman–Crippen LogP) is 1.72. The van der Waals surface area contributed by atoms with Crippen LogP contribution < -0.4 is 14.4 Å². The number of sulfonamides is 1. The van der Waals surface area contributed by atoms with E-state index in [2.05, 4.69) is 5.32 Å². The van der Waals surface area contributed by atoms with Gasteiger partial charge in [-0.05, 0) is 31.4 Å². The van der Waals surface area contributed by atoms with Crippen molar-refractivity contribution in [2.45, 2.75) is 25.9 Å². The summed E-state index contributed by atoms with van der Waals surface area (Å²) in [5.41, 5.74) is 1.12. The summed E-state index contributed by atoms with van der Waals surface area (Å²) in [5.74, 6) is 0.136. The highest BCUT2D eigenvalue weighted by Gasteiger charge is 2.25. The monoisotopic (exact) mass is 390 g/mol. The number of amides is 1. The van der Waals surface area contributed by atoms with E-state index in [0.717, 1.165) is 18.2 Å². The van der Waals surface area contributed by atoms with Gasteiger partial charge in [-0.25, -0.2) is 8.42 Å². The maximum Gasteiger partial charge on any atom is 0.249 e. The third kappa shape index (κ3) is 4.99. The molecular formula is C16H23ClN2O5S. The third-order valence-corrected chi connectivity index (χ3v) is 5.55. The van der Waals surface area contributed by atoms with Crippen LogP contribution in [0.5, 0.6) is 5.75 Å². The van der Waals surface area contributed by atoms with Crippen molar-refractivity contribution in [2.75, 3.05) is 37.4 Å². The quantitative estimate of drug-likeness (QED) is 0.766. The summed E-state index contributed by atoms with van der Waals surface area (Å²) in [4.78, 5) is 12.0. The zero-order valence-electron chi connectivity index (χ0n) is 14.5. The molecule has 2 rings (SSSR count). The maximum absolute atomic E-state index is 12.2. The minimum Gasteiger partial charge on any atom is -0.494 e. The molecule has 1 aromatic carbocycles. The van der Waals surface area contributed by atoms with Crippen molar-refractivity contribution in [3.63, 3.8) is 0 Å². The van der Waals surface area contributed by atoms with Crippen LogP contribution in [0.25, 0.3) is 0 Å². The van der Waals surface area contributed by atoms with E-state index in [4.69, 9.17) is 21.1 Å². The minimum absolute atomic E-state index is 0.0781. The Morgan fingerprint density at radius 2 is 2.20 bits per heavy atom. The lowest BCUT2D eigenvalue weighted by Crippen LogP contribution is -2.41. The molecule has 1 unspecified atom stereocenters. The first-order valence-corrected chi connectivity index (χ1v) is 10.2. The Kier molecular flexibility index (Phi) is 6.53. The van der Waals surface area contributed by atoms with Crippen molar-refractivity contribution in [2.24, 2.45) is 0 Å². The molecule has 1 saturated heterocycles. The molecule has 7 nitrogen and oxygen atoms in total. The largest absolute Gasteiger partial charge is 0.494 e. The van der Waals surface area contributed by atoms with Gasteiger partial charge in [-0.2, -0.15) is 0 Å². The maximum atomic E-state index is 12.2. The van der Waals surface area contributed by atoms with Crippen molar-refractivity contribution in [3.8, 4) is 5.75 Å². The van der Waals surface area contributed by atoms with E-state index in [0.29, 0.717) is 29.5 Å². The van der Waals surface area contributed by atoms with Gasteiger partial charge >= 0.3 is 0 Å². The summed E-state index contributed by atoms with van der Waals surface area (Å²) in [5, 5.41) is 3.21. The summed E-state index contributed by atoms with van der Waals surface area (Å²) < 4.78 is 36.2. The Labute approximate surface area is 153 Å². The average molecular weight is 391 g/mol. The first kappa shape index (κ1) is 19.8. The molecule has 1 amide bonds. The van der Waals surface area contributed by atoms with Gasteiger partial charge in [0.15, 0.2) is 0 Å². The summed E-state index contributed by atoms with van der Waals surface area (Å²) >= 11 is 6.08. The third-order valence-electron chi connectivity index (χ3n) is 3.97. The van der Waals surface area contributed by atoms with E-state index in [1.54, 1.807) is 19.1 Å². The highest BCUT2D eigenvalue weighted by Crippen LogP contribution is 2.34. The minimum atomic E-state index is -3.57. The van der Waals surface area contributed by atoms with E-state index in [-0.39, 0.29) is 19.0 Å². The predicted molar refractivity (Wildman–Crippen MR) is 96.9 cm³/mol. The molecule has 1 atom stereocenters. The van der Waals surface area contributed by atoms with E-state index in [9.17, 15) is 13.2 Å². The second-order valence-corrected chi connectivity index (χ2v) is 8.22. The topological polar surface area (TPSA) is 84.9 Å². The van der Waals surface area contributed by atoms with Crippen LogP contribution in [0.3, 0.4) is 0 Å². The second kappa shape index (κ2) is 8.25. The molecule has 1 heterocycles. The molecule has 0 saturated carbocycles. The fraction of sp³-hybridized carbons (Fsp3) is 0.562. The summed E-state index contributed by atoms with van der Waals surface area (Å²) in [6.07, 6.45) is 2.21. The van der Waals surface area contributed by atoms with Crippen LogP contribution >= 0.6 is 11.6 Å². The van der Waals surface area contributed by atoms with E-state index in [1.165, 1.54) is 11.4 Å². The molecule has 1 aromatic rings. The first-order valence-electron chi connectivity index (χ1n) is 7.95. The number of aryl methyl sites for hydroxylation is 1. The number of benzene rings is 1. The molecule has 0 spiro atoms. The summed E-state index contributed by atoms with van der Waals surface area (Å²) in [6.45, 7) is 2.60. The number of rotatable bonds is 7. The molecule has 1 fully saturated rings. The van der Waals surface area contributed by atoms with Gasteiger partial charge in [0.2, 0.25) is 15.9 Å². The smallest absolute Gasteiger partial charge is 0.249 e. The fourth-order valence-electron chi connectivity index (χ4n) is 2.65. The normalized spacial score (nSPS) is 17.4. The van der Waals surface area contributed by atoms with Crippen molar-refractivity contribution in [3.05, 3.63) is 22.7 Å². The lowest BCUT2D eigenvalue weighted by Gasteiger charge is -2.25. The van der Waals surface area contributed by atoms with Crippen molar-refractivity contribution < 1.29 is 22.7 Å². The molecule has 140 valence electrons. The van der Waals surface area contributed by atoms with Crippen molar-refractivity contribution >= 4 is 33.2 Å². The number of nitrogens with zero attached hydrogens (tertiary/aromatic N) is 1. The van der Waals surface area contributed by atoms with E-state index >= 15 is 0 Å². The van der Waals surface area contributed by atoms with Crippen LogP contribution in [-0.2, 0) is 19.6 Å². The SMILES string of the molecule is COc1cc(Cl)c(C)cc1N(CCNC(=O)C1CCCO1)S(C)(=O)=O. The van der Waals surface area contributed by atoms with Gasteiger partial charge in [0.05, 0.1) is 25.6 Å². The van der Waals surface area contributed by atoms with Crippen LogP contribution in [0.15, 0.2) is 12.1 Å². The molecule has 1 N–H and O–H groups in total. The van der Waals surface area contributed by atoms with Crippen LogP contribution in [0.1, 0.15) is 18.4 Å². The number of ether oxygens (including phenoxy) is 2. The molecule has 1 aliphatic rings. The van der Waals surface area contributed by atoms with Gasteiger partial charge in [-0.1, -0.05) is 11.6 Å². The van der Waals surface area contributed by atoms with Crippen molar-refractivity contribution in [1.82, 2.24) is 5.32 Å². The highest BCUT2D eigenvalue weighted by molar-refractivity contribution is 7.92. The standard InChI is InChI=1S/C16H23ClN2O5S/c1-11-9-13(15(23-2)10-12(11)17)19(25(3,21)22)7-6-18-16(20)14-5-4-8-24-14/h9-10,14H,4-8H2,1-3H3,(H,18,20). The molecule has 25 heavy (non-hydrogen) atoms. The second-order valence-electron chi connectivity index (χ2n) is 5.90. The first-order chi connectivity index (χ1) is 11.7. The Morgan fingerprint density at radius 3 is 2.76 bits per heavy atom. The zero-order chi connectivity index (χ0) is 18.6. The number of hydrogen-bond acceptors (Lipinski definition) is 5. The molecule has 0 bridgehead atoms. The highest BCUT2D eigenvalue weighted by atomic mass is 35.5. The number of carbonyl (C=O) groups is 1. The number of hydrogen-bond donors (Lipinski definition) is 1. The van der Waals surface area contributed by atoms with E-state index < -0.39 is 16.1 Å². The molecular weight excluding hydrogens is 368 g/mol. The lowest BCUT2D eigenvalue weighted by molar-refractivity contribution is -0.129. The average Bonchev–Trinajstić information content (AvgIpc) is 3.07. The molecule has 9 heteroatoms. The molecule has 0 radical (unpaired) electrons. The van der Waals surface area contributed by atoms with Gasteiger partial charge in [-0.3, -0.25) is 9.10 Å². The molecule has 0 aliphatic carbocycles. The fourth-order valence-corrected chi connectivity index (χ4v) is 3.73. The van der Waals surface area contributed by atoms with Gasteiger partial charge < -0.3 is 14.8 Å². The molecule has 0 aromatic heterocycles. The summed E-state index contributed by atoms with van der Waals surface area (Å²) in [7, 11) is -2.12. The van der Waals surface area contributed by atoms with Crippen LogP contribution in [0, 0.1) is 6.92 Å². The van der Waals surface area contributed by atoms with Gasteiger partial charge in [0.25, 0.3) is 0 Å². The van der Waals surface area contributed by atoms with Crippen molar-refractivity contribution in [1.29, 1.82) is 0 Å². The van der Waals surface area contributed by atoms with Gasteiger partial charge in [0.1, 0.15) is 11.9 Å². The number of halogens is 1. The Hall–Kier alpha value is -1.51. The zero-order valence-corrected chi connectivity index (χ0v) is 16.1. The number of methoxy groups -OCH3 is 1. The number of anilines is 1. The Balaban J connectivity index is 2.15. The Morgan fingerprint density at radius 1 is 1.48 bits per heavy atom. The van der Waals surface area contributed by atoms with Crippen LogP contribution in [0.4, 0.5) is 5.69 Å². The van der Waals surface area contributed by atoms with Crippen LogP contribution in [0.2, 0.25) is 5.02 Å². The van der Waals surface area contributed by atoms with Gasteiger partial charge in [0, 0.05) is 24.2 Å². The molecule has 1 aliphatic heterocycles.